The molecule has 0 heterocycles. The van der Waals surface area contributed by atoms with E-state index in [1.54, 1.807) is 0 Å². The predicted molar refractivity (Wildman–Crippen MR) is 270 cm³/mol. The number of rotatable bonds is 44. The smallest absolute Gasteiger partial charge is 0.306 e. The second-order valence-electron chi connectivity index (χ2n) is 16.5. The summed E-state index contributed by atoms with van der Waals surface area (Å²) in [4.78, 5) is 37.9. The molecule has 0 aromatic carbocycles. The summed E-state index contributed by atoms with van der Waals surface area (Å²) >= 11 is 0. The molecule has 0 N–H and O–H groups in total. The summed E-state index contributed by atoms with van der Waals surface area (Å²) in [6, 6.07) is 0. The molecule has 0 aliphatic rings. The average molecular weight is 873 g/mol. The van der Waals surface area contributed by atoms with Crippen molar-refractivity contribution in [3.63, 3.8) is 0 Å². The van der Waals surface area contributed by atoms with Gasteiger partial charge in [-0.05, 0) is 89.9 Å². The monoisotopic (exact) mass is 873 g/mol. The standard InChI is InChI=1S/C57H92O6/c1-4-7-10-13-16-19-22-24-26-28-30-31-33-35-38-41-44-47-50-56(59)62-53-54(52-61-55(58)49-46-43-40-37-21-18-15-12-9-6-3)63-57(60)51-48-45-42-39-36-34-32-29-27-25-23-20-17-14-11-8-5-2/h10,13,15-16,18-19,22,24-28,30-32,34,39,42,54H,4-9,11-12,14,17,20-21,23,29,33,35-38,40-41,43-53H2,1-3H3/b13-10-,18-15-,19-16-,24-22-,27-25-,28-26-,31-30-,34-32-,42-39-. The average Bonchev–Trinajstić information content (AvgIpc) is 3.28. The Morgan fingerprint density at radius 3 is 1.21 bits per heavy atom. The highest BCUT2D eigenvalue weighted by Gasteiger charge is 2.19. The van der Waals surface area contributed by atoms with E-state index < -0.39 is 6.10 Å². The summed E-state index contributed by atoms with van der Waals surface area (Å²) in [6.07, 6.45) is 67.9. The number of esters is 3. The van der Waals surface area contributed by atoms with Crippen molar-refractivity contribution in [2.45, 2.75) is 219 Å². The van der Waals surface area contributed by atoms with Crippen molar-refractivity contribution in [3.05, 3.63) is 109 Å². The van der Waals surface area contributed by atoms with Crippen LogP contribution in [0.1, 0.15) is 213 Å². The minimum absolute atomic E-state index is 0.115. The van der Waals surface area contributed by atoms with Crippen molar-refractivity contribution in [2.75, 3.05) is 13.2 Å². The lowest BCUT2D eigenvalue weighted by molar-refractivity contribution is -0.167. The summed E-state index contributed by atoms with van der Waals surface area (Å²) in [6.45, 7) is 6.40. The predicted octanol–water partition coefficient (Wildman–Crippen LogP) is 16.8. The van der Waals surface area contributed by atoms with Crippen LogP contribution in [-0.2, 0) is 28.6 Å². The summed E-state index contributed by atoms with van der Waals surface area (Å²) in [5, 5.41) is 0. The zero-order valence-corrected chi connectivity index (χ0v) is 40.5. The SMILES string of the molecule is CCC\C=C/C=C\C=C/C=C\C=C/CCCCCCCC(=O)OCC(COC(=O)CCCCCC/C=C\CCCC)OC(=O)CCC/C=C\C/C=C\C/C=C\CCCCCCCC. The first-order chi connectivity index (χ1) is 31.0. The molecular formula is C57H92O6. The highest BCUT2D eigenvalue weighted by molar-refractivity contribution is 5.71. The molecule has 0 amide bonds. The molecule has 6 nitrogen and oxygen atoms in total. The van der Waals surface area contributed by atoms with Gasteiger partial charge in [0.15, 0.2) is 6.10 Å². The first-order valence-corrected chi connectivity index (χ1v) is 25.5. The van der Waals surface area contributed by atoms with Gasteiger partial charge in [0.1, 0.15) is 13.2 Å². The summed E-state index contributed by atoms with van der Waals surface area (Å²) in [5.41, 5.74) is 0. The van der Waals surface area contributed by atoms with E-state index in [1.165, 1.54) is 64.2 Å². The van der Waals surface area contributed by atoms with Gasteiger partial charge in [-0.25, -0.2) is 0 Å². The van der Waals surface area contributed by atoms with Gasteiger partial charge in [0, 0.05) is 19.3 Å². The Labute approximate surface area is 387 Å². The van der Waals surface area contributed by atoms with E-state index in [-0.39, 0.29) is 37.5 Å². The van der Waals surface area contributed by atoms with Crippen LogP contribution < -0.4 is 0 Å². The number of unbranched alkanes of at least 4 members (excludes halogenated alkanes) is 19. The zero-order chi connectivity index (χ0) is 45.8. The number of ether oxygens (including phenoxy) is 3. The third kappa shape index (κ3) is 49.0. The molecule has 0 saturated carbocycles. The third-order valence-electron chi connectivity index (χ3n) is 10.3. The van der Waals surface area contributed by atoms with Crippen LogP contribution in [0.15, 0.2) is 109 Å². The molecule has 6 heteroatoms. The van der Waals surface area contributed by atoms with Gasteiger partial charge < -0.3 is 14.2 Å². The molecule has 0 spiro atoms. The second-order valence-corrected chi connectivity index (χ2v) is 16.5. The minimum Gasteiger partial charge on any atom is -0.462 e. The molecule has 63 heavy (non-hydrogen) atoms. The van der Waals surface area contributed by atoms with Gasteiger partial charge in [-0.3, -0.25) is 14.4 Å². The molecule has 0 aromatic heterocycles. The van der Waals surface area contributed by atoms with Crippen LogP contribution in [0.4, 0.5) is 0 Å². The van der Waals surface area contributed by atoms with Gasteiger partial charge in [-0.15, -0.1) is 0 Å². The van der Waals surface area contributed by atoms with Crippen LogP contribution in [0.3, 0.4) is 0 Å². The molecule has 1 unspecified atom stereocenters. The maximum absolute atomic E-state index is 12.8. The molecule has 0 aliphatic heterocycles. The van der Waals surface area contributed by atoms with Crippen molar-refractivity contribution in [1.29, 1.82) is 0 Å². The zero-order valence-electron chi connectivity index (χ0n) is 40.5. The maximum atomic E-state index is 12.8. The Bertz CT molecular complexity index is 1330. The summed E-state index contributed by atoms with van der Waals surface area (Å²) < 4.78 is 16.7. The lowest BCUT2D eigenvalue weighted by Crippen LogP contribution is -2.30. The fraction of sp³-hybridized carbons (Fsp3) is 0.632. The van der Waals surface area contributed by atoms with Gasteiger partial charge in [0.2, 0.25) is 0 Å². The van der Waals surface area contributed by atoms with Crippen LogP contribution in [0, 0.1) is 0 Å². The lowest BCUT2D eigenvalue weighted by Gasteiger charge is -2.18. The largest absolute Gasteiger partial charge is 0.462 e. The van der Waals surface area contributed by atoms with Crippen LogP contribution in [0.25, 0.3) is 0 Å². The van der Waals surface area contributed by atoms with Gasteiger partial charge in [-0.2, -0.15) is 0 Å². The molecule has 0 saturated heterocycles. The van der Waals surface area contributed by atoms with E-state index in [0.29, 0.717) is 19.3 Å². The van der Waals surface area contributed by atoms with Gasteiger partial charge >= 0.3 is 17.9 Å². The van der Waals surface area contributed by atoms with Gasteiger partial charge in [-0.1, -0.05) is 214 Å². The van der Waals surface area contributed by atoms with Crippen molar-refractivity contribution >= 4 is 17.9 Å². The van der Waals surface area contributed by atoms with Crippen molar-refractivity contribution in [3.8, 4) is 0 Å². The first kappa shape index (κ1) is 59.1. The number of allylic oxidation sites excluding steroid dienone is 18. The Kier molecular flexibility index (Phi) is 47.5. The molecule has 356 valence electrons. The molecule has 0 aliphatic carbocycles. The number of carbonyl (C=O) groups is 3. The Morgan fingerprint density at radius 1 is 0.333 bits per heavy atom. The topological polar surface area (TPSA) is 78.9 Å². The quantitative estimate of drug-likeness (QED) is 0.0199. The van der Waals surface area contributed by atoms with Crippen LogP contribution in [0.2, 0.25) is 0 Å². The highest BCUT2D eigenvalue weighted by Crippen LogP contribution is 2.12. The summed E-state index contributed by atoms with van der Waals surface area (Å²) in [7, 11) is 0. The van der Waals surface area contributed by atoms with Crippen LogP contribution in [-0.4, -0.2) is 37.2 Å². The molecule has 0 rings (SSSR count). The number of carbonyl (C=O) groups excluding carboxylic acids is 3. The van der Waals surface area contributed by atoms with Crippen LogP contribution in [0.5, 0.6) is 0 Å². The molecule has 0 fully saturated rings. The fourth-order valence-corrected chi connectivity index (χ4v) is 6.47. The highest BCUT2D eigenvalue weighted by atomic mass is 16.6. The number of hydrogen-bond acceptors (Lipinski definition) is 6. The molecule has 0 aromatic rings. The van der Waals surface area contributed by atoms with Crippen molar-refractivity contribution in [2.24, 2.45) is 0 Å². The molecule has 0 bridgehead atoms. The minimum atomic E-state index is -0.820. The van der Waals surface area contributed by atoms with E-state index in [2.05, 4.69) is 93.7 Å². The van der Waals surface area contributed by atoms with E-state index in [9.17, 15) is 14.4 Å². The first-order valence-electron chi connectivity index (χ1n) is 25.5. The molecule has 1 atom stereocenters. The Morgan fingerprint density at radius 2 is 0.698 bits per heavy atom. The molecular weight excluding hydrogens is 781 g/mol. The Balaban J connectivity index is 4.52. The number of hydrogen-bond donors (Lipinski definition) is 0. The van der Waals surface area contributed by atoms with Gasteiger partial charge in [0.05, 0.1) is 0 Å². The van der Waals surface area contributed by atoms with Crippen LogP contribution >= 0.6 is 0 Å². The lowest BCUT2D eigenvalue weighted by atomic mass is 10.1. The van der Waals surface area contributed by atoms with Crippen molar-refractivity contribution < 1.29 is 28.6 Å². The Hall–Kier alpha value is -3.93. The maximum Gasteiger partial charge on any atom is 0.306 e. The van der Waals surface area contributed by atoms with E-state index in [4.69, 9.17) is 14.2 Å². The van der Waals surface area contributed by atoms with E-state index in [1.807, 2.05) is 36.5 Å². The fourth-order valence-electron chi connectivity index (χ4n) is 6.47. The third-order valence-corrected chi connectivity index (χ3v) is 10.3. The molecule has 0 radical (unpaired) electrons. The van der Waals surface area contributed by atoms with Crippen molar-refractivity contribution in [1.82, 2.24) is 0 Å². The van der Waals surface area contributed by atoms with Gasteiger partial charge in [0.25, 0.3) is 0 Å². The van der Waals surface area contributed by atoms with E-state index in [0.717, 1.165) is 103 Å². The van der Waals surface area contributed by atoms with E-state index >= 15 is 0 Å². The normalized spacial score (nSPS) is 13.0. The summed E-state index contributed by atoms with van der Waals surface area (Å²) in [5.74, 6) is -1.01. The second kappa shape index (κ2) is 50.7.